The van der Waals surface area contributed by atoms with Gasteiger partial charge in [0.25, 0.3) is 5.91 Å². The number of benzene rings is 2. The first kappa shape index (κ1) is 22.8. The molecule has 2 N–H and O–H groups in total. The van der Waals surface area contributed by atoms with E-state index in [1.54, 1.807) is 30.3 Å². The number of sulfonamides is 1. The van der Waals surface area contributed by atoms with Crippen LogP contribution in [0, 0.1) is 0 Å². The third-order valence-electron chi connectivity index (χ3n) is 3.73. The molecule has 0 spiro atoms. The summed E-state index contributed by atoms with van der Waals surface area (Å²) in [5.74, 6) is -0.409. The molecule has 2 aromatic rings. The van der Waals surface area contributed by atoms with Gasteiger partial charge < -0.3 is 5.32 Å². The zero-order valence-electron chi connectivity index (χ0n) is 15.5. The van der Waals surface area contributed by atoms with Gasteiger partial charge in [-0.3, -0.25) is 10.1 Å². The molecule has 0 saturated carbocycles. The summed E-state index contributed by atoms with van der Waals surface area (Å²) in [6.07, 6.45) is 3.02. The van der Waals surface area contributed by atoms with Gasteiger partial charge in [0.2, 0.25) is 10.0 Å². The van der Waals surface area contributed by atoms with Crippen LogP contribution in [0.25, 0.3) is 0 Å². The molecule has 6 nitrogen and oxygen atoms in total. The number of hydrogen-bond donors (Lipinski definition) is 2. The van der Waals surface area contributed by atoms with Crippen molar-refractivity contribution in [3.8, 4) is 0 Å². The predicted molar refractivity (Wildman–Crippen MR) is 121 cm³/mol. The largest absolute Gasteiger partial charge is 0.332 e. The summed E-state index contributed by atoms with van der Waals surface area (Å²) in [5.41, 5.74) is 0.895. The molecule has 0 aromatic heterocycles. The van der Waals surface area contributed by atoms with Crippen LogP contribution in [0.2, 0.25) is 5.02 Å². The molecule has 0 aliphatic heterocycles. The molecule has 0 aliphatic rings. The number of carbonyl (C=O) groups excluding carboxylic acids is 1. The average Bonchev–Trinajstić information content (AvgIpc) is 2.68. The van der Waals surface area contributed by atoms with Crippen molar-refractivity contribution < 1.29 is 13.2 Å². The van der Waals surface area contributed by atoms with Gasteiger partial charge in [-0.15, -0.1) is 13.2 Å². The molecule has 0 fully saturated rings. The molecule has 2 aromatic carbocycles. The lowest BCUT2D eigenvalue weighted by Crippen LogP contribution is -2.34. The fourth-order valence-corrected chi connectivity index (χ4v) is 4.17. The first-order chi connectivity index (χ1) is 13.8. The third-order valence-corrected chi connectivity index (χ3v) is 6.01. The Morgan fingerprint density at radius 3 is 2.28 bits per heavy atom. The van der Waals surface area contributed by atoms with E-state index in [4.69, 9.17) is 23.8 Å². The number of hydrogen-bond acceptors (Lipinski definition) is 4. The van der Waals surface area contributed by atoms with Gasteiger partial charge in [0.1, 0.15) is 0 Å². The molecule has 152 valence electrons. The Kier molecular flexibility index (Phi) is 8.10. The van der Waals surface area contributed by atoms with E-state index >= 15 is 0 Å². The fourth-order valence-electron chi connectivity index (χ4n) is 2.39. The molecule has 0 radical (unpaired) electrons. The second kappa shape index (κ2) is 10.3. The zero-order valence-corrected chi connectivity index (χ0v) is 17.9. The van der Waals surface area contributed by atoms with E-state index in [0.29, 0.717) is 16.3 Å². The second-order valence-corrected chi connectivity index (χ2v) is 8.62. The van der Waals surface area contributed by atoms with E-state index < -0.39 is 15.9 Å². The molecular weight excluding hydrogens is 430 g/mol. The van der Waals surface area contributed by atoms with E-state index in [1.165, 1.54) is 34.7 Å². The number of thiocarbonyl (C=S) groups is 1. The van der Waals surface area contributed by atoms with Gasteiger partial charge in [-0.2, -0.15) is 4.31 Å². The van der Waals surface area contributed by atoms with Crippen molar-refractivity contribution in [1.29, 1.82) is 0 Å². The Morgan fingerprint density at radius 1 is 1.10 bits per heavy atom. The number of carbonyl (C=O) groups is 1. The van der Waals surface area contributed by atoms with E-state index in [1.807, 2.05) is 0 Å². The molecule has 0 heterocycles. The number of rotatable bonds is 8. The van der Waals surface area contributed by atoms with Gasteiger partial charge in [-0.1, -0.05) is 29.8 Å². The van der Waals surface area contributed by atoms with Gasteiger partial charge in [-0.25, -0.2) is 8.42 Å². The van der Waals surface area contributed by atoms with Gasteiger partial charge in [-0.05, 0) is 54.7 Å². The van der Waals surface area contributed by atoms with Crippen LogP contribution >= 0.6 is 23.8 Å². The summed E-state index contributed by atoms with van der Waals surface area (Å²) >= 11 is 11.0. The minimum absolute atomic E-state index is 0.0746. The Bertz CT molecular complexity index is 1010. The Hall–Kier alpha value is -2.52. The summed E-state index contributed by atoms with van der Waals surface area (Å²) in [5, 5.41) is 5.90. The SMILES string of the molecule is C=CCN(CC=C)S(=O)(=O)c1ccc(NC(=S)NC(=O)c2cccc(Cl)c2)cc1. The van der Waals surface area contributed by atoms with Gasteiger partial charge >= 0.3 is 0 Å². The Labute approximate surface area is 180 Å². The smallest absolute Gasteiger partial charge is 0.257 e. The van der Waals surface area contributed by atoms with Crippen molar-refractivity contribution in [3.63, 3.8) is 0 Å². The molecule has 0 atom stereocenters. The molecule has 29 heavy (non-hydrogen) atoms. The monoisotopic (exact) mass is 449 g/mol. The van der Waals surface area contributed by atoms with E-state index in [0.717, 1.165) is 0 Å². The lowest BCUT2D eigenvalue weighted by molar-refractivity contribution is 0.0977. The van der Waals surface area contributed by atoms with Crippen LogP contribution in [0.3, 0.4) is 0 Å². The molecule has 0 unspecified atom stereocenters. The van der Waals surface area contributed by atoms with Crippen molar-refractivity contribution in [1.82, 2.24) is 9.62 Å². The lowest BCUT2D eigenvalue weighted by Gasteiger charge is -2.19. The van der Waals surface area contributed by atoms with E-state index in [-0.39, 0.29) is 23.1 Å². The van der Waals surface area contributed by atoms with Crippen molar-refractivity contribution in [3.05, 3.63) is 84.4 Å². The summed E-state index contributed by atoms with van der Waals surface area (Å²) in [6.45, 7) is 7.51. The quantitative estimate of drug-likeness (QED) is 0.473. The summed E-state index contributed by atoms with van der Waals surface area (Å²) < 4.78 is 26.6. The van der Waals surface area contributed by atoms with Crippen LogP contribution in [-0.4, -0.2) is 36.8 Å². The predicted octanol–water partition coefficient (Wildman–Crippen LogP) is 3.83. The van der Waals surface area contributed by atoms with Crippen LogP contribution in [0.15, 0.2) is 78.7 Å². The van der Waals surface area contributed by atoms with Gasteiger partial charge in [0, 0.05) is 29.4 Å². The Balaban J connectivity index is 2.06. The highest BCUT2D eigenvalue weighted by Gasteiger charge is 2.22. The van der Waals surface area contributed by atoms with Crippen LogP contribution in [0.5, 0.6) is 0 Å². The minimum atomic E-state index is -3.68. The van der Waals surface area contributed by atoms with Crippen molar-refractivity contribution in [2.24, 2.45) is 0 Å². The molecule has 0 saturated heterocycles. The molecule has 2 rings (SSSR count). The third kappa shape index (κ3) is 6.23. The first-order valence-corrected chi connectivity index (χ1v) is 10.7. The lowest BCUT2D eigenvalue weighted by atomic mass is 10.2. The topological polar surface area (TPSA) is 78.5 Å². The van der Waals surface area contributed by atoms with Crippen LogP contribution in [0.1, 0.15) is 10.4 Å². The number of anilines is 1. The van der Waals surface area contributed by atoms with Gasteiger partial charge in [0.05, 0.1) is 4.90 Å². The standard InChI is InChI=1S/C20H20ClN3O3S2/c1-3-12-24(13-4-2)29(26,27)18-10-8-17(9-11-18)22-20(28)23-19(25)15-6-5-7-16(21)14-15/h3-11,14H,1-2,12-13H2,(H2,22,23,25,28). The zero-order chi connectivity index (χ0) is 21.4. The second-order valence-electron chi connectivity index (χ2n) is 5.84. The normalized spacial score (nSPS) is 11.0. The summed E-state index contributed by atoms with van der Waals surface area (Å²) in [7, 11) is -3.68. The molecule has 0 aliphatic carbocycles. The van der Waals surface area contributed by atoms with Crippen molar-refractivity contribution in [2.75, 3.05) is 18.4 Å². The molecule has 1 amide bonds. The van der Waals surface area contributed by atoms with E-state index in [2.05, 4.69) is 23.8 Å². The molecular formula is C20H20ClN3O3S2. The summed E-state index contributed by atoms with van der Waals surface area (Å²) in [4.78, 5) is 12.3. The summed E-state index contributed by atoms with van der Waals surface area (Å²) in [6, 6.07) is 12.5. The number of amides is 1. The van der Waals surface area contributed by atoms with Crippen LogP contribution < -0.4 is 10.6 Å². The number of nitrogens with one attached hydrogen (secondary N) is 2. The maximum absolute atomic E-state index is 12.7. The van der Waals surface area contributed by atoms with Crippen molar-refractivity contribution >= 4 is 50.5 Å². The molecule has 9 heteroatoms. The van der Waals surface area contributed by atoms with Gasteiger partial charge in [0.15, 0.2) is 5.11 Å². The maximum Gasteiger partial charge on any atom is 0.257 e. The maximum atomic E-state index is 12.7. The van der Waals surface area contributed by atoms with E-state index in [9.17, 15) is 13.2 Å². The number of halogens is 1. The van der Waals surface area contributed by atoms with Crippen LogP contribution in [-0.2, 0) is 10.0 Å². The van der Waals surface area contributed by atoms with Crippen LogP contribution in [0.4, 0.5) is 5.69 Å². The average molecular weight is 450 g/mol. The number of nitrogens with zero attached hydrogens (tertiary/aromatic N) is 1. The highest BCUT2D eigenvalue weighted by molar-refractivity contribution is 7.89. The highest BCUT2D eigenvalue weighted by atomic mass is 35.5. The molecule has 0 bridgehead atoms. The first-order valence-electron chi connectivity index (χ1n) is 8.48. The fraction of sp³-hybridized carbons (Fsp3) is 0.100. The van der Waals surface area contributed by atoms with Crippen molar-refractivity contribution in [2.45, 2.75) is 4.90 Å². The minimum Gasteiger partial charge on any atom is -0.332 e. The highest BCUT2D eigenvalue weighted by Crippen LogP contribution is 2.18. The Morgan fingerprint density at radius 2 is 1.72 bits per heavy atom.